The van der Waals surface area contributed by atoms with Crippen LogP contribution in [0.25, 0.3) is 0 Å². The molecule has 0 aromatic heterocycles. The third kappa shape index (κ3) is 4.23. The molecule has 1 aliphatic rings. The number of benzene rings is 2. The van der Waals surface area contributed by atoms with Crippen molar-refractivity contribution in [3.63, 3.8) is 0 Å². The van der Waals surface area contributed by atoms with Crippen LogP contribution in [0.1, 0.15) is 23.6 Å². The average molecular weight is 388 g/mol. The Bertz CT molecular complexity index is 688. The standard InChI is InChI=1S/C17H17Cl3O2Si/c1-17(15-5-3-2-4-6-15)21-12-14-11-13(7-8-16(14)22-17)9-10-23(18,19)20/h2-8,11H,9-10,12H2,1H3. The summed E-state index contributed by atoms with van der Waals surface area (Å²) in [6.45, 7) is 2.44. The first kappa shape index (κ1) is 17.1. The molecule has 1 aliphatic heterocycles. The van der Waals surface area contributed by atoms with E-state index in [1.54, 1.807) is 0 Å². The summed E-state index contributed by atoms with van der Waals surface area (Å²) in [5.41, 5.74) is 3.16. The van der Waals surface area contributed by atoms with Crippen molar-refractivity contribution in [2.45, 2.75) is 31.8 Å². The monoisotopic (exact) mass is 386 g/mol. The fourth-order valence-corrected chi connectivity index (χ4v) is 4.05. The molecule has 2 aromatic rings. The summed E-state index contributed by atoms with van der Waals surface area (Å²) in [6.07, 6.45) is 0.756. The van der Waals surface area contributed by atoms with Gasteiger partial charge in [0.1, 0.15) is 5.75 Å². The second-order valence-electron chi connectivity index (χ2n) is 5.76. The Hall–Kier alpha value is -0.713. The summed E-state index contributed by atoms with van der Waals surface area (Å²) in [5, 5.41) is 0. The number of rotatable bonds is 4. The van der Waals surface area contributed by atoms with Crippen molar-refractivity contribution in [1.82, 2.24) is 0 Å². The van der Waals surface area contributed by atoms with Crippen molar-refractivity contribution in [2.75, 3.05) is 0 Å². The highest BCUT2D eigenvalue weighted by Gasteiger charge is 2.34. The maximum absolute atomic E-state index is 6.11. The minimum atomic E-state index is -2.59. The van der Waals surface area contributed by atoms with Gasteiger partial charge >= 0.3 is 6.00 Å². The second kappa shape index (κ2) is 6.65. The first-order valence-electron chi connectivity index (χ1n) is 7.43. The smallest absolute Gasteiger partial charge is 0.341 e. The quantitative estimate of drug-likeness (QED) is 0.497. The van der Waals surface area contributed by atoms with Gasteiger partial charge in [-0.1, -0.05) is 36.4 Å². The Balaban J connectivity index is 1.78. The molecule has 1 atom stereocenters. The molecule has 0 radical (unpaired) electrons. The molecule has 0 saturated heterocycles. The average Bonchev–Trinajstić information content (AvgIpc) is 2.53. The molecular weight excluding hydrogens is 371 g/mol. The first-order valence-corrected chi connectivity index (χ1v) is 12.7. The van der Waals surface area contributed by atoms with E-state index in [9.17, 15) is 0 Å². The van der Waals surface area contributed by atoms with Crippen molar-refractivity contribution in [3.8, 4) is 5.75 Å². The van der Waals surface area contributed by atoms with Crippen LogP contribution in [0.4, 0.5) is 0 Å². The van der Waals surface area contributed by atoms with Crippen LogP contribution in [-0.4, -0.2) is 6.00 Å². The van der Waals surface area contributed by atoms with Gasteiger partial charge in [0, 0.05) is 18.1 Å². The molecule has 122 valence electrons. The summed E-state index contributed by atoms with van der Waals surface area (Å²) < 4.78 is 12.1. The van der Waals surface area contributed by atoms with Gasteiger partial charge in [0.15, 0.2) is 0 Å². The summed E-state index contributed by atoms with van der Waals surface area (Å²) in [4.78, 5) is 0. The van der Waals surface area contributed by atoms with Crippen LogP contribution in [-0.2, 0) is 23.6 Å². The van der Waals surface area contributed by atoms with Crippen LogP contribution in [0.5, 0.6) is 5.75 Å². The highest BCUT2D eigenvalue weighted by Crippen LogP contribution is 2.38. The molecule has 3 rings (SSSR count). The van der Waals surface area contributed by atoms with E-state index in [2.05, 4.69) is 6.07 Å². The molecular formula is C17H17Cl3O2Si. The van der Waals surface area contributed by atoms with E-state index in [0.29, 0.717) is 12.7 Å². The molecule has 23 heavy (non-hydrogen) atoms. The normalized spacial score (nSPS) is 20.7. The lowest BCUT2D eigenvalue weighted by atomic mass is 10.0. The Morgan fingerprint density at radius 3 is 2.52 bits per heavy atom. The second-order valence-corrected chi connectivity index (χ2v) is 15.0. The minimum Gasteiger partial charge on any atom is -0.458 e. The first-order chi connectivity index (χ1) is 10.9. The Kier molecular flexibility index (Phi) is 4.95. The molecule has 0 N–H and O–H groups in total. The van der Waals surface area contributed by atoms with Crippen LogP contribution in [0.2, 0.25) is 6.04 Å². The van der Waals surface area contributed by atoms with Crippen molar-refractivity contribution >= 4 is 39.2 Å². The van der Waals surface area contributed by atoms with Crippen molar-refractivity contribution in [1.29, 1.82) is 0 Å². The SMILES string of the molecule is CC1(c2ccccc2)OCc2cc(CC[Si](Cl)(Cl)Cl)ccc2O1. The Morgan fingerprint density at radius 1 is 1.09 bits per heavy atom. The molecule has 2 aromatic carbocycles. The molecule has 6 heteroatoms. The van der Waals surface area contributed by atoms with E-state index in [1.165, 1.54) is 0 Å². The molecule has 0 bridgehead atoms. The van der Waals surface area contributed by atoms with Gasteiger partial charge in [0.2, 0.25) is 5.79 Å². The van der Waals surface area contributed by atoms with E-state index < -0.39 is 11.8 Å². The maximum atomic E-state index is 6.11. The lowest BCUT2D eigenvalue weighted by Gasteiger charge is -2.36. The van der Waals surface area contributed by atoms with Gasteiger partial charge < -0.3 is 9.47 Å². The molecule has 0 fully saturated rings. The van der Waals surface area contributed by atoms with Gasteiger partial charge in [-0.2, -0.15) is 0 Å². The molecule has 0 aliphatic carbocycles. The van der Waals surface area contributed by atoms with E-state index in [4.69, 9.17) is 42.7 Å². The molecule has 0 amide bonds. The predicted molar refractivity (Wildman–Crippen MR) is 97.5 cm³/mol. The third-order valence-electron chi connectivity index (χ3n) is 3.93. The fourth-order valence-electron chi connectivity index (χ4n) is 2.62. The topological polar surface area (TPSA) is 18.5 Å². The van der Waals surface area contributed by atoms with Crippen molar-refractivity contribution in [3.05, 3.63) is 65.2 Å². The highest BCUT2D eigenvalue weighted by molar-refractivity contribution is 7.64. The number of hydrogen-bond donors (Lipinski definition) is 0. The van der Waals surface area contributed by atoms with E-state index in [1.807, 2.05) is 49.4 Å². The predicted octanol–water partition coefficient (Wildman–Crippen LogP) is 5.67. The van der Waals surface area contributed by atoms with E-state index in [-0.39, 0.29) is 0 Å². The molecule has 0 spiro atoms. The van der Waals surface area contributed by atoms with Crippen LogP contribution in [0, 0.1) is 0 Å². The number of aryl methyl sites for hydroxylation is 1. The van der Waals surface area contributed by atoms with Crippen LogP contribution >= 0.6 is 33.2 Å². The molecule has 1 heterocycles. The summed E-state index contributed by atoms with van der Waals surface area (Å²) in [7, 11) is 0. The summed E-state index contributed by atoms with van der Waals surface area (Å²) in [5.74, 6) is 0.0813. The van der Waals surface area contributed by atoms with Crippen molar-refractivity contribution < 1.29 is 9.47 Å². The Morgan fingerprint density at radius 2 is 1.83 bits per heavy atom. The zero-order valence-electron chi connectivity index (χ0n) is 12.7. The molecule has 2 nitrogen and oxygen atoms in total. The molecule has 1 unspecified atom stereocenters. The zero-order valence-corrected chi connectivity index (χ0v) is 16.0. The number of ether oxygens (including phenoxy) is 2. The zero-order chi connectivity index (χ0) is 16.5. The van der Waals surface area contributed by atoms with E-state index >= 15 is 0 Å². The number of halogens is 3. The van der Waals surface area contributed by atoms with Gasteiger partial charge in [-0.15, -0.1) is 33.2 Å². The van der Waals surface area contributed by atoms with Crippen LogP contribution in [0.3, 0.4) is 0 Å². The van der Waals surface area contributed by atoms with Gasteiger partial charge in [-0.05, 0) is 30.2 Å². The van der Waals surface area contributed by atoms with Crippen molar-refractivity contribution in [2.24, 2.45) is 0 Å². The maximum Gasteiger partial charge on any atom is 0.341 e. The van der Waals surface area contributed by atoms with Crippen LogP contribution < -0.4 is 4.74 Å². The number of fused-ring (bicyclic) bond motifs is 1. The van der Waals surface area contributed by atoms with Gasteiger partial charge in [-0.3, -0.25) is 0 Å². The third-order valence-corrected chi connectivity index (χ3v) is 6.45. The van der Waals surface area contributed by atoms with Gasteiger partial charge in [0.25, 0.3) is 0 Å². The Labute approximate surface area is 151 Å². The van der Waals surface area contributed by atoms with Crippen LogP contribution in [0.15, 0.2) is 48.5 Å². The summed E-state index contributed by atoms with van der Waals surface area (Å²) in [6, 6.07) is 14.0. The lowest BCUT2D eigenvalue weighted by molar-refractivity contribution is -0.201. The van der Waals surface area contributed by atoms with E-state index in [0.717, 1.165) is 28.9 Å². The largest absolute Gasteiger partial charge is 0.458 e. The number of hydrogen-bond acceptors (Lipinski definition) is 2. The van der Waals surface area contributed by atoms with Gasteiger partial charge in [-0.25, -0.2) is 0 Å². The van der Waals surface area contributed by atoms with Gasteiger partial charge in [0.05, 0.1) is 6.61 Å². The lowest BCUT2D eigenvalue weighted by Crippen LogP contribution is -2.36. The molecule has 0 saturated carbocycles. The fraction of sp³-hybridized carbons (Fsp3) is 0.294. The highest BCUT2D eigenvalue weighted by atomic mass is 35.8. The minimum absolute atomic E-state index is 0.500. The summed E-state index contributed by atoms with van der Waals surface area (Å²) >= 11 is 17.9.